The van der Waals surface area contributed by atoms with Crippen LogP contribution in [0.5, 0.6) is 0 Å². The summed E-state index contributed by atoms with van der Waals surface area (Å²) in [6, 6.07) is 0. The number of rotatable bonds is 6. The Labute approximate surface area is 94.9 Å². The van der Waals surface area contributed by atoms with Crippen LogP contribution in [0.4, 0.5) is 0 Å². The van der Waals surface area contributed by atoms with Crippen LogP contribution in [0.15, 0.2) is 12.2 Å². The molecule has 0 aromatic rings. The molecule has 0 radical (unpaired) electrons. The monoisotopic (exact) mass is 228 g/mol. The van der Waals surface area contributed by atoms with Crippen LogP contribution < -0.4 is 0 Å². The number of hydrogen-bond donors (Lipinski definition) is 1. The van der Waals surface area contributed by atoms with Crippen molar-refractivity contribution in [1.29, 1.82) is 0 Å². The average Bonchev–Trinajstić information content (AvgIpc) is 2.34. The second-order valence-electron chi connectivity index (χ2n) is 3.16. The highest BCUT2D eigenvalue weighted by atomic mass is 16.7. The van der Waals surface area contributed by atoms with E-state index in [2.05, 4.69) is 5.92 Å². The molecule has 1 aliphatic heterocycles. The van der Waals surface area contributed by atoms with E-state index in [1.807, 2.05) is 0 Å². The van der Waals surface area contributed by atoms with Gasteiger partial charge in [0.25, 0.3) is 0 Å². The maximum absolute atomic E-state index is 9.13. The topological polar surface area (TPSA) is 57.2 Å². The summed E-state index contributed by atoms with van der Waals surface area (Å²) in [5, 5.41) is 9.13. The van der Waals surface area contributed by atoms with Gasteiger partial charge in [0.2, 0.25) is 0 Å². The van der Waals surface area contributed by atoms with E-state index < -0.39 is 12.4 Å². The second-order valence-corrected chi connectivity index (χ2v) is 3.16. The summed E-state index contributed by atoms with van der Waals surface area (Å²) in [6.45, 7) is 0.149. The summed E-state index contributed by atoms with van der Waals surface area (Å²) in [7, 11) is 1.53. The van der Waals surface area contributed by atoms with Gasteiger partial charge in [0, 0.05) is 7.11 Å². The predicted octanol–water partition coefficient (Wildman–Crippen LogP) is -0.101. The summed E-state index contributed by atoms with van der Waals surface area (Å²) >= 11 is 0. The van der Waals surface area contributed by atoms with Gasteiger partial charge in [-0.05, 0) is 6.08 Å². The number of hydrogen-bond acceptors (Lipinski definition) is 5. The van der Waals surface area contributed by atoms with Crippen LogP contribution in [-0.4, -0.2) is 50.7 Å². The molecular weight excluding hydrogens is 212 g/mol. The molecule has 0 bridgehead atoms. The lowest BCUT2D eigenvalue weighted by atomic mass is 10.1. The average molecular weight is 228 g/mol. The molecule has 0 fully saturated rings. The Balaban J connectivity index is 2.46. The molecule has 0 saturated heterocycles. The first kappa shape index (κ1) is 13.2. The Bertz CT molecular complexity index is 258. The Morgan fingerprint density at radius 1 is 1.44 bits per heavy atom. The van der Waals surface area contributed by atoms with Crippen LogP contribution >= 0.6 is 0 Å². The highest BCUT2D eigenvalue weighted by Gasteiger charge is 2.27. The van der Waals surface area contributed by atoms with Gasteiger partial charge in [-0.3, -0.25) is 0 Å². The molecule has 1 heterocycles. The molecule has 1 aliphatic rings. The summed E-state index contributed by atoms with van der Waals surface area (Å²) in [5.74, 6) is 2.34. The number of methoxy groups -OCH3 is 1. The van der Waals surface area contributed by atoms with Crippen molar-refractivity contribution in [2.24, 2.45) is 0 Å². The third kappa shape index (κ3) is 3.93. The Hall–Kier alpha value is -0.900. The maximum atomic E-state index is 9.13. The Kier molecular flexibility index (Phi) is 6.08. The van der Waals surface area contributed by atoms with E-state index in [4.69, 9.17) is 30.5 Å². The van der Waals surface area contributed by atoms with Crippen molar-refractivity contribution in [2.75, 3.05) is 27.1 Å². The SMILES string of the molecule is C#CCO[C@@H]1C=C[C@@H](OCOC)[C@@H](CO)O1. The molecule has 0 aromatic carbocycles. The Morgan fingerprint density at radius 3 is 2.88 bits per heavy atom. The smallest absolute Gasteiger partial charge is 0.178 e. The maximum Gasteiger partial charge on any atom is 0.178 e. The standard InChI is InChI=1S/C11H16O5/c1-3-6-14-11-5-4-9(15-8-13-2)10(7-12)16-11/h1,4-5,9-12H,6-8H2,2H3/t9-,10-,11+/m1/s1. The van der Waals surface area contributed by atoms with Gasteiger partial charge in [-0.1, -0.05) is 12.0 Å². The lowest BCUT2D eigenvalue weighted by Crippen LogP contribution is -2.40. The summed E-state index contributed by atoms with van der Waals surface area (Å²) in [6.07, 6.45) is 7.19. The van der Waals surface area contributed by atoms with Crippen molar-refractivity contribution in [1.82, 2.24) is 0 Å². The molecular formula is C11H16O5. The minimum Gasteiger partial charge on any atom is -0.394 e. The fourth-order valence-electron chi connectivity index (χ4n) is 1.30. The van der Waals surface area contributed by atoms with Gasteiger partial charge in [-0.15, -0.1) is 6.42 Å². The van der Waals surface area contributed by atoms with Crippen molar-refractivity contribution in [3.63, 3.8) is 0 Å². The minimum absolute atomic E-state index is 0.144. The van der Waals surface area contributed by atoms with Gasteiger partial charge in [-0.2, -0.15) is 0 Å². The molecule has 0 aromatic heterocycles. The van der Waals surface area contributed by atoms with Gasteiger partial charge in [0.1, 0.15) is 25.6 Å². The third-order valence-corrected chi connectivity index (χ3v) is 2.02. The molecule has 1 rings (SSSR count). The number of ether oxygens (including phenoxy) is 4. The van der Waals surface area contributed by atoms with Crippen molar-refractivity contribution >= 4 is 0 Å². The zero-order valence-corrected chi connectivity index (χ0v) is 9.17. The molecule has 0 saturated carbocycles. The molecule has 0 spiro atoms. The molecule has 1 N–H and O–H groups in total. The second kappa shape index (κ2) is 7.39. The zero-order chi connectivity index (χ0) is 11.8. The van der Waals surface area contributed by atoms with Crippen LogP contribution in [0, 0.1) is 12.3 Å². The summed E-state index contributed by atoms with van der Waals surface area (Å²) in [4.78, 5) is 0. The third-order valence-electron chi connectivity index (χ3n) is 2.02. The molecule has 5 heteroatoms. The predicted molar refractivity (Wildman–Crippen MR) is 56.4 cm³/mol. The van der Waals surface area contributed by atoms with E-state index in [1.54, 1.807) is 12.2 Å². The normalized spacial score (nSPS) is 28.9. The lowest BCUT2D eigenvalue weighted by Gasteiger charge is -2.30. The first-order valence-electron chi connectivity index (χ1n) is 4.92. The van der Waals surface area contributed by atoms with E-state index in [9.17, 15) is 0 Å². The Morgan fingerprint density at radius 2 is 2.25 bits per heavy atom. The van der Waals surface area contributed by atoms with Crippen LogP contribution in [0.3, 0.4) is 0 Å². The zero-order valence-electron chi connectivity index (χ0n) is 9.17. The molecule has 0 amide bonds. The first-order chi connectivity index (χ1) is 7.81. The molecule has 0 unspecified atom stereocenters. The molecule has 0 aliphatic carbocycles. The highest BCUT2D eigenvalue weighted by Crippen LogP contribution is 2.16. The number of aliphatic hydroxyl groups is 1. The van der Waals surface area contributed by atoms with Gasteiger partial charge in [0.15, 0.2) is 6.29 Å². The van der Waals surface area contributed by atoms with E-state index in [0.717, 1.165) is 0 Å². The summed E-state index contributed by atoms with van der Waals surface area (Å²) < 4.78 is 20.7. The van der Waals surface area contributed by atoms with Crippen LogP contribution in [0.25, 0.3) is 0 Å². The van der Waals surface area contributed by atoms with Crippen LogP contribution in [-0.2, 0) is 18.9 Å². The van der Waals surface area contributed by atoms with Gasteiger partial charge < -0.3 is 24.1 Å². The summed E-state index contributed by atoms with van der Waals surface area (Å²) in [5.41, 5.74) is 0. The van der Waals surface area contributed by atoms with Crippen molar-refractivity contribution < 1.29 is 24.1 Å². The number of aliphatic hydroxyl groups excluding tert-OH is 1. The fourth-order valence-corrected chi connectivity index (χ4v) is 1.30. The first-order valence-corrected chi connectivity index (χ1v) is 4.92. The number of terminal acetylenes is 1. The molecule has 5 nitrogen and oxygen atoms in total. The minimum atomic E-state index is -0.532. The molecule has 3 atom stereocenters. The lowest BCUT2D eigenvalue weighted by molar-refractivity contribution is -0.195. The largest absolute Gasteiger partial charge is 0.394 e. The molecule has 16 heavy (non-hydrogen) atoms. The van der Waals surface area contributed by atoms with Gasteiger partial charge >= 0.3 is 0 Å². The molecule has 90 valence electrons. The van der Waals surface area contributed by atoms with E-state index in [1.165, 1.54) is 7.11 Å². The van der Waals surface area contributed by atoms with E-state index in [-0.39, 0.29) is 26.1 Å². The van der Waals surface area contributed by atoms with Gasteiger partial charge in [-0.25, -0.2) is 0 Å². The van der Waals surface area contributed by atoms with E-state index >= 15 is 0 Å². The van der Waals surface area contributed by atoms with E-state index in [0.29, 0.717) is 0 Å². The quantitative estimate of drug-likeness (QED) is 0.391. The van der Waals surface area contributed by atoms with Crippen LogP contribution in [0.1, 0.15) is 0 Å². The van der Waals surface area contributed by atoms with Crippen molar-refractivity contribution in [3.8, 4) is 12.3 Å². The van der Waals surface area contributed by atoms with Crippen LogP contribution in [0.2, 0.25) is 0 Å². The van der Waals surface area contributed by atoms with Gasteiger partial charge in [0.05, 0.1) is 6.61 Å². The highest BCUT2D eigenvalue weighted by molar-refractivity contribution is 5.01. The van der Waals surface area contributed by atoms with Crippen molar-refractivity contribution in [3.05, 3.63) is 12.2 Å². The fraction of sp³-hybridized carbons (Fsp3) is 0.636. The van der Waals surface area contributed by atoms with Crippen molar-refractivity contribution in [2.45, 2.75) is 18.5 Å².